The Morgan fingerprint density at radius 3 is 3.22 bits per heavy atom. The van der Waals surface area contributed by atoms with Gasteiger partial charge in [-0.1, -0.05) is 13.0 Å². The molecule has 4 nitrogen and oxygen atoms in total. The molecule has 1 aromatic rings. The summed E-state index contributed by atoms with van der Waals surface area (Å²) in [6.45, 7) is 6.20. The van der Waals surface area contributed by atoms with E-state index in [1.165, 1.54) is 11.3 Å². The smallest absolute Gasteiger partial charge is 0.0872 e. The van der Waals surface area contributed by atoms with Gasteiger partial charge >= 0.3 is 0 Å². The van der Waals surface area contributed by atoms with Crippen LogP contribution in [-0.4, -0.2) is 43.3 Å². The third-order valence-electron chi connectivity index (χ3n) is 3.38. The Labute approximate surface area is 113 Å². The molecular weight excluding hydrogens is 246 g/mol. The number of thiophene rings is 1. The van der Waals surface area contributed by atoms with E-state index >= 15 is 0 Å². The molecule has 0 spiro atoms. The number of rotatable bonds is 6. The van der Waals surface area contributed by atoms with Crippen molar-refractivity contribution in [2.24, 2.45) is 5.84 Å². The highest BCUT2D eigenvalue weighted by Gasteiger charge is 2.27. The fraction of sp³-hybridized carbons (Fsp3) is 0.692. The average Bonchev–Trinajstić information content (AvgIpc) is 2.89. The van der Waals surface area contributed by atoms with Crippen LogP contribution in [0.5, 0.6) is 0 Å². The fourth-order valence-electron chi connectivity index (χ4n) is 2.44. The molecule has 1 aliphatic heterocycles. The summed E-state index contributed by atoms with van der Waals surface area (Å²) in [7, 11) is 0. The highest BCUT2D eigenvalue weighted by Crippen LogP contribution is 2.16. The lowest BCUT2D eigenvalue weighted by Gasteiger charge is -2.36. The fourth-order valence-corrected chi connectivity index (χ4v) is 3.20. The molecule has 2 heterocycles. The number of nitrogens with zero attached hydrogens (tertiary/aromatic N) is 1. The van der Waals surface area contributed by atoms with Crippen molar-refractivity contribution in [3.8, 4) is 0 Å². The van der Waals surface area contributed by atoms with Gasteiger partial charge in [-0.05, 0) is 24.4 Å². The first kappa shape index (κ1) is 14.0. The number of nitrogens with two attached hydrogens (primary N) is 1. The molecule has 2 atom stereocenters. The van der Waals surface area contributed by atoms with Crippen LogP contribution in [0.3, 0.4) is 0 Å². The number of hydrazine groups is 1. The van der Waals surface area contributed by atoms with Gasteiger partial charge in [-0.3, -0.25) is 16.2 Å². The number of morpholine rings is 1. The minimum atomic E-state index is 0.192. The van der Waals surface area contributed by atoms with Gasteiger partial charge < -0.3 is 4.74 Å². The van der Waals surface area contributed by atoms with Crippen LogP contribution in [0.4, 0.5) is 0 Å². The van der Waals surface area contributed by atoms with E-state index in [0.29, 0.717) is 0 Å². The normalized spacial score (nSPS) is 23.1. The van der Waals surface area contributed by atoms with Gasteiger partial charge in [0.05, 0.1) is 18.8 Å². The lowest BCUT2D eigenvalue weighted by atomic mass is 10.1. The summed E-state index contributed by atoms with van der Waals surface area (Å²) in [5.41, 5.74) is 2.93. The van der Waals surface area contributed by atoms with E-state index < -0.39 is 0 Å². The first-order chi connectivity index (χ1) is 8.83. The van der Waals surface area contributed by atoms with E-state index in [4.69, 9.17) is 10.6 Å². The largest absolute Gasteiger partial charge is 0.374 e. The van der Waals surface area contributed by atoms with Crippen molar-refractivity contribution < 1.29 is 4.74 Å². The summed E-state index contributed by atoms with van der Waals surface area (Å²) >= 11 is 1.78. The molecule has 1 saturated heterocycles. The van der Waals surface area contributed by atoms with E-state index in [1.54, 1.807) is 11.3 Å². The average molecular weight is 269 g/mol. The quantitative estimate of drug-likeness (QED) is 0.602. The van der Waals surface area contributed by atoms with Gasteiger partial charge in [0.1, 0.15) is 0 Å². The van der Waals surface area contributed by atoms with Gasteiger partial charge in [0.15, 0.2) is 0 Å². The number of nitrogens with one attached hydrogen (secondary N) is 1. The molecule has 102 valence electrons. The summed E-state index contributed by atoms with van der Waals surface area (Å²) in [4.78, 5) is 3.82. The van der Waals surface area contributed by atoms with Crippen molar-refractivity contribution in [2.75, 3.05) is 26.2 Å². The van der Waals surface area contributed by atoms with Crippen LogP contribution in [-0.2, 0) is 11.2 Å². The van der Waals surface area contributed by atoms with Gasteiger partial charge in [-0.2, -0.15) is 0 Å². The van der Waals surface area contributed by atoms with Gasteiger partial charge in [0.25, 0.3) is 0 Å². The molecule has 0 aliphatic carbocycles. The monoisotopic (exact) mass is 269 g/mol. The summed E-state index contributed by atoms with van der Waals surface area (Å²) < 4.78 is 5.88. The number of ether oxygens (including phenoxy) is 1. The molecule has 0 bridgehead atoms. The highest BCUT2D eigenvalue weighted by atomic mass is 32.1. The second-order valence-corrected chi connectivity index (χ2v) is 5.80. The minimum Gasteiger partial charge on any atom is -0.374 e. The zero-order valence-electron chi connectivity index (χ0n) is 11.0. The van der Waals surface area contributed by atoms with Crippen LogP contribution in [0, 0.1) is 0 Å². The first-order valence-corrected chi connectivity index (χ1v) is 7.54. The lowest BCUT2D eigenvalue weighted by Crippen LogP contribution is -2.54. The number of hydrogen-bond donors (Lipinski definition) is 2. The molecule has 1 aromatic heterocycles. The maximum atomic E-state index is 5.88. The van der Waals surface area contributed by atoms with Crippen molar-refractivity contribution >= 4 is 11.3 Å². The summed E-state index contributed by atoms with van der Waals surface area (Å²) in [6.07, 6.45) is 2.33. The first-order valence-electron chi connectivity index (χ1n) is 6.66. The van der Waals surface area contributed by atoms with Crippen molar-refractivity contribution in [3.63, 3.8) is 0 Å². The van der Waals surface area contributed by atoms with Gasteiger partial charge in [0, 0.05) is 24.4 Å². The molecule has 1 fully saturated rings. The highest BCUT2D eigenvalue weighted by molar-refractivity contribution is 7.09. The Bertz CT molecular complexity index is 329. The van der Waals surface area contributed by atoms with Crippen LogP contribution < -0.4 is 11.3 Å². The SMILES string of the molecule is CCCN1CCOC(C(Cc2cccs2)NN)C1. The summed E-state index contributed by atoms with van der Waals surface area (Å²) in [6, 6.07) is 4.43. The standard InChI is InChI=1S/C13H23N3OS/c1-2-5-16-6-7-17-13(10-16)12(15-14)9-11-4-3-8-18-11/h3-4,8,12-13,15H,2,5-7,9-10,14H2,1H3. The van der Waals surface area contributed by atoms with E-state index in [2.05, 4.69) is 34.8 Å². The van der Waals surface area contributed by atoms with Crippen LogP contribution in [0.2, 0.25) is 0 Å². The van der Waals surface area contributed by atoms with E-state index in [9.17, 15) is 0 Å². The molecule has 0 radical (unpaired) electrons. The van der Waals surface area contributed by atoms with E-state index in [-0.39, 0.29) is 12.1 Å². The molecule has 1 aliphatic rings. The Morgan fingerprint density at radius 2 is 2.56 bits per heavy atom. The van der Waals surface area contributed by atoms with Gasteiger partial charge in [-0.15, -0.1) is 11.3 Å². The second kappa shape index (κ2) is 7.21. The van der Waals surface area contributed by atoms with Crippen molar-refractivity contribution in [1.29, 1.82) is 0 Å². The maximum Gasteiger partial charge on any atom is 0.0872 e. The Morgan fingerprint density at radius 1 is 1.67 bits per heavy atom. The van der Waals surface area contributed by atoms with Gasteiger partial charge in [0.2, 0.25) is 0 Å². The predicted octanol–water partition coefficient (Wildman–Crippen LogP) is 1.23. The Hall–Kier alpha value is -0.460. The zero-order chi connectivity index (χ0) is 12.8. The minimum absolute atomic E-state index is 0.192. The lowest BCUT2D eigenvalue weighted by molar-refractivity contribution is -0.0461. The molecule has 0 aromatic carbocycles. The third-order valence-corrected chi connectivity index (χ3v) is 4.28. The van der Waals surface area contributed by atoms with E-state index in [1.807, 2.05) is 0 Å². The van der Waals surface area contributed by atoms with Crippen LogP contribution in [0.1, 0.15) is 18.2 Å². The second-order valence-electron chi connectivity index (χ2n) is 4.77. The van der Waals surface area contributed by atoms with Crippen LogP contribution in [0.25, 0.3) is 0 Å². The van der Waals surface area contributed by atoms with Gasteiger partial charge in [-0.25, -0.2) is 0 Å². The van der Waals surface area contributed by atoms with Crippen LogP contribution >= 0.6 is 11.3 Å². The molecular formula is C13H23N3OS. The molecule has 0 saturated carbocycles. The van der Waals surface area contributed by atoms with Crippen molar-refractivity contribution in [3.05, 3.63) is 22.4 Å². The molecule has 18 heavy (non-hydrogen) atoms. The van der Waals surface area contributed by atoms with E-state index in [0.717, 1.165) is 32.7 Å². The Kier molecular flexibility index (Phi) is 5.59. The molecule has 3 N–H and O–H groups in total. The van der Waals surface area contributed by atoms with Crippen molar-refractivity contribution in [2.45, 2.75) is 31.9 Å². The number of hydrogen-bond acceptors (Lipinski definition) is 5. The van der Waals surface area contributed by atoms with Crippen LogP contribution in [0.15, 0.2) is 17.5 Å². The summed E-state index contributed by atoms with van der Waals surface area (Å²) in [5.74, 6) is 5.70. The maximum absolute atomic E-state index is 5.88. The van der Waals surface area contributed by atoms with Crippen molar-refractivity contribution in [1.82, 2.24) is 10.3 Å². The molecule has 2 rings (SSSR count). The zero-order valence-corrected chi connectivity index (χ0v) is 11.8. The predicted molar refractivity (Wildman–Crippen MR) is 75.6 cm³/mol. The molecule has 5 heteroatoms. The Balaban J connectivity index is 1.90. The summed E-state index contributed by atoms with van der Waals surface area (Å²) in [5, 5.41) is 2.11. The molecule has 0 amide bonds. The third kappa shape index (κ3) is 3.76. The topological polar surface area (TPSA) is 50.5 Å². The molecule has 2 unspecified atom stereocenters.